The van der Waals surface area contributed by atoms with Gasteiger partial charge in [-0.05, 0) is 30.7 Å². The van der Waals surface area contributed by atoms with Crippen LogP contribution in [0.15, 0.2) is 36.4 Å². The summed E-state index contributed by atoms with van der Waals surface area (Å²) in [6, 6.07) is 10.0. The lowest BCUT2D eigenvalue weighted by atomic mass is 10.2. The SMILES string of the molecule is OCCCn1c(-c2ccc(F)cc2)nc2cc3c(cc21)OCCO3. The highest BCUT2D eigenvalue weighted by atomic mass is 19.1. The number of rotatable bonds is 4. The van der Waals surface area contributed by atoms with Crippen LogP contribution in [0.2, 0.25) is 0 Å². The van der Waals surface area contributed by atoms with Crippen LogP contribution in [0.4, 0.5) is 4.39 Å². The number of hydrogen-bond acceptors (Lipinski definition) is 4. The number of benzene rings is 2. The summed E-state index contributed by atoms with van der Waals surface area (Å²) in [6.07, 6.45) is 0.605. The third-order valence-electron chi connectivity index (χ3n) is 4.05. The van der Waals surface area contributed by atoms with Crippen LogP contribution in [0.5, 0.6) is 11.5 Å². The third-order valence-corrected chi connectivity index (χ3v) is 4.05. The van der Waals surface area contributed by atoms with E-state index in [2.05, 4.69) is 0 Å². The number of ether oxygens (including phenoxy) is 2. The first-order valence-electron chi connectivity index (χ1n) is 7.93. The summed E-state index contributed by atoms with van der Waals surface area (Å²) < 4.78 is 26.5. The van der Waals surface area contributed by atoms with Gasteiger partial charge < -0.3 is 19.1 Å². The van der Waals surface area contributed by atoms with Crippen molar-refractivity contribution in [3.8, 4) is 22.9 Å². The highest BCUT2D eigenvalue weighted by Gasteiger charge is 2.18. The first-order chi connectivity index (χ1) is 11.8. The molecule has 0 unspecified atom stereocenters. The second kappa shape index (κ2) is 6.13. The average molecular weight is 328 g/mol. The van der Waals surface area contributed by atoms with Crippen LogP contribution in [0.25, 0.3) is 22.4 Å². The van der Waals surface area contributed by atoms with Crippen LogP contribution in [-0.2, 0) is 6.54 Å². The molecule has 124 valence electrons. The Balaban J connectivity index is 1.89. The van der Waals surface area contributed by atoms with Gasteiger partial charge in [0.05, 0.1) is 11.0 Å². The molecule has 5 nitrogen and oxygen atoms in total. The van der Waals surface area contributed by atoms with Crippen molar-refractivity contribution in [3.05, 3.63) is 42.2 Å². The van der Waals surface area contributed by atoms with E-state index in [1.165, 1.54) is 12.1 Å². The quantitative estimate of drug-likeness (QED) is 0.800. The van der Waals surface area contributed by atoms with Crippen molar-refractivity contribution in [1.82, 2.24) is 9.55 Å². The molecule has 0 saturated carbocycles. The van der Waals surface area contributed by atoms with Gasteiger partial charge >= 0.3 is 0 Å². The molecule has 0 radical (unpaired) electrons. The van der Waals surface area contributed by atoms with Crippen molar-refractivity contribution in [3.63, 3.8) is 0 Å². The van der Waals surface area contributed by atoms with E-state index >= 15 is 0 Å². The summed E-state index contributed by atoms with van der Waals surface area (Å²) in [4.78, 5) is 4.70. The summed E-state index contributed by atoms with van der Waals surface area (Å²) in [5, 5.41) is 9.20. The maximum Gasteiger partial charge on any atom is 0.163 e. The number of aryl methyl sites for hydroxylation is 1. The van der Waals surface area contributed by atoms with Gasteiger partial charge in [0.15, 0.2) is 11.5 Å². The van der Waals surface area contributed by atoms with Crippen LogP contribution in [0.3, 0.4) is 0 Å². The van der Waals surface area contributed by atoms with E-state index in [4.69, 9.17) is 14.5 Å². The van der Waals surface area contributed by atoms with Crippen molar-refractivity contribution < 1.29 is 19.0 Å². The molecule has 0 bridgehead atoms. The lowest BCUT2D eigenvalue weighted by Gasteiger charge is -2.18. The van der Waals surface area contributed by atoms with Gasteiger partial charge in [-0.15, -0.1) is 0 Å². The van der Waals surface area contributed by atoms with Crippen LogP contribution in [0.1, 0.15) is 6.42 Å². The number of aliphatic hydroxyl groups is 1. The summed E-state index contributed by atoms with van der Waals surface area (Å²) in [7, 11) is 0. The molecule has 1 aliphatic rings. The Morgan fingerprint density at radius 3 is 2.50 bits per heavy atom. The standard InChI is InChI=1S/C18H17FN2O3/c19-13-4-2-12(3-5-13)18-20-14-10-16-17(24-9-8-23-16)11-15(14)21(18)6-1-7-22/h2-5,10-11,22H,1,6-9H2. The van der Waals surface area contributed by atoms with E-state index in [1.807, 2.05) is 16.7 Å². The van der Waals surface area contributed by atoms with E-state index in [9.17, 15) is 9.50 Å². The second-order valence-electron chi connectivity index (χ2n) is 5.66. The summed E-state index contributed by atoms with van der Waals surface area (Å²) >= 11 is 0. The number of fused-ring (bicyclic) bond motifs is 2. The molecule has 24 heavy (non-hydrogen) atoms. The molecule has 3 aromatic rings. The Labute approximate surface area is 138 Å². The molecule has 1 aromatic heterocycles. The minimum atomic E-state index is -0.283. The van der Waals surface area contributed by atoms with Crippen LogP contribution in [0, 0.1) is 5.82 Å². The van der Waals surface area contributed by atoms with Crippen molar-refractivity contribution in [2.45, 2.75) is 13.0 Å². The zero-order chi connectivity index (χ0) is 16.5. The predicted molar refractivity (Wildman–Crippen MR) is 87.8 cm³/mol. The zero-order valence-corrected chi connectivity index (χ0v) is 13.0. The molecule has 1 aliphatic heterocycles. The number of aliphatic hydroxyl groups excluding tert-OH is 1. The van der Waals surface area contributed by atoms with Gasteiger partial charge in [0.1, 0.15) is 24.9 Å². The molecule has 0 aliphatic carbocycles. The van der Waals surface area contributed by atoms with Gasteiger partial charge in [-0.25, -0.2) is 9.37 Å². The molecule has 0 fully saturated rings. The van der Waals surface area contributed by atoms with E-state index in [0.717, 1.165) is 22.4 Å². The summed E-state index contributed by atoms with van der Waals surface area (Å²) in [5.74, 6) is 1.84. The minimum Gasteiger partial charge on any atom is -0.486 e. The molecule has 0 saturated heterocycles. The maximum absolute atomic E-state index is 13.2. The zero-order valence-electron chi connectivity index (χ0n) is 13.0. The van der Waals surface area contributed by atoms with E-state index in [-0.39, 0.29) is 12.4 Å². The number of nitrogens with zero attached hydrogens (tertiary/aromatic N) is 2. The van der Waals surface area contributed by atoms with E-state index in [0.29, 0.717) is 37.7 Å². The van der Waals surface area contributed by atoms with Crippen molar-refractivity contribution >= 4 is 11.0 Å². The molecule has 2 heterocycles. The van der Waals surface area contributed by atoms with Crippen LogP contribution >= 0.6 is 0 Å². The smallest absolute Gasteiger partial charge is 0.163 e. The summed E-state index contributed by atoms with van der Waals surface area (Å²) in [5.41, 5.74) is 2.52. The molecule has 4 rings (SSSR count). The fourth-order valence-electron chi connectivity index (χ4n) is 2.94. The van der Waals surface area contributed by atoms with Gasteiger partial charge in [0.2, 0.25) is 0 Å². The van der Waals surface area contributed by atoms with Crippen molar-refractivity contribution in [2.75, 3.05) is 19.8 Å². The lowest BCUT2D eigenvalue weighted by molar-refractivity contribution is 0.172. The maximum atomic E-state index is 13.2. The normalized spacial score (nSPS) is 13.4. The minimum absolute atomic E-state index is 0.0904. The molecule has 1 N–H and O–H groups in total. The Morgan fingerprint density at radius 2 is 1.79 bits per heavy atom. The summed E-state index contributed by atoms with van der Waals surface area (Å²) in [6.45, 7) is 1.75. The van der Waals surface area contributed by atoms with Gasteiger partial charge in [0.25, 0.3) is 0 Å². The first kappa shape index (κ1) is 15.0. The van der Waals surface area contributed by atoms with Crippen LogP contribution in [-0.4, -0.2) is 34.5 Å². The van der Waals surface area contributed by atoms with Gasteiger partial charge in [0, 0.05) is 30.8 Å². The topological polar surface area (TPSA) is 56.5 Å². The molecule has 0 spiro atoms. The molecule has 0 atom stereocenters. The highest BCUT2D eigenvalue weighted by molar-refractivity contribution is 5.84. The monoisotopic (exact) mass is 328 g/mol. The molecular weight excluding hydrogens is 311 g/mol. The molecule has 0 amide bonds. The Morgan fingerprint density at radius 1 is 1.08 bits per heavy atom. The Bertz CT molecular complexity index is 874. The third kappa shape index (κ3) is 2.59. The molecular formula is C18H17FN2O3. The van der Waals surface area contributed by atoms with E-state index < -0.39 is 0 Å². The number of imidazole rings is 1. The number of aromatic nitrogens is 2. The second-order valence-corrected chi connectivity index (χ2v) is 5.66. The Kier molecular flexibility index (Phi) is 3.82. The van der Waals surface area contributed by atoms with Crippen molar-refractivity contribution in [1.29, 1.82) is 0 Å². The number of halogens is 1. The van der Waals surface area contributed by atoms with Crippen molar-refractivity contribution in [2.24, 2.45) is 0 Å². The van der Waals surface area contributed by atoms with E-state index in [1.54, 1.807) is 12.1 Å². The average Bonchev–Trinajstić information content (AvgIpc) is 2.96. The predicted octanol–water partition coefficient (Wildman–Crippen LogP) is 3.00. The van der Waals surface area contributed by atoms with Gasteiger partial charge in [-0.1, -0.05) is 0 Å². The number of hydrogen-bond donors (Lipinski definition) is 1. The Hall–Kier alpha value is -2.60. The van der Waals surface area contributed by atoms with Gasteiger partial charge in [-0.3, -0.25) is 0 Å². The fourth-order valence-corrected chi connectivity index (χ4v) is 2.94. The molecule has 6 heteroatoms. The lowest BCUT2D eigenvalue weighted by Crippen LogP contribution is -2.15. The first-order valence-corrected chi connectivity index (χ1v) is 7.93. The fraction of sp³-hybridized carbons (Fsp3) is 0.278. The van der Waals surface area contributed by atoms with Gasteiger partial charge in [-0.2, -0.15) is 0 Å². The highest BCUT2D eigenvalue weighted by Crippen LogP contribution is 2.36. The largest absolute Gasteiger partial charge is 0.486 e. The van der Waals surface area contributed by atoms with Crippen LogP contribution < -0.4 is 9.47 Å². The molecule has 2 aromatic carbocycles.